The molecule has 5 heteroatoms. The van der Waals surface area contributed by atoms with E-state index >= 15 is 0 Å². The molecule has 0 heterocycles. The molecule has 3 aromatic carbocycles. The second kappa shape index (κ2) is 10.3. The largest absolute Gasteiger partial charge is 0.496 e. The van der Waals surface area contributed by atoms with Gasteiger partial charge in [-0.05, 0) is 42.8 Å². The molecule has 0 saturated heterocycles. The van der Waals surface area contributed by atoms with Gasteiger partial charge >= 0.3 is 0 Å². The van der Waals surface area contributed by atoms with Crippen LogP contribution >= 0.6 is 0 Å². The quantitative estimate of drug-likeness (QED) is 0.572. The zero-order valence-electron chi connectivity index (χ0n) is 16.8. The van der Waals surface area contributed by atoms with Gasteiger partial charge in [-0.3, -0.25) is 4.79 Å². The van der Waals surface area contributed by atoms with E-state index in [0.29, 0.717) is 5.75 Å². The minimum Gasteiger partial charge on any atom is -0.496 e. The first-order valence-corrected chi connectivity index (χ1v) is 9.55. The van der Waals surface area contributed by atoms with Crippen LogP contribution in [0.4, 0.5) is 5.69 Å². The molecule has 0 saturated carbocycles. The van der Waals surface area contributed by atoms with Crippen LogP contribution < -0.4 is 20.1 Å². The van der Waals surface area contributed by atoms with Gasteiger partial charge in [0.05, 0.1) is 7.11 Å². The molecule has 3 rings (SSSR count). The molecule has 3 aromatic rings. The van der Waals surface area contributed by atoms with Crippen LogP contribution in [0.5, 0.6) is 11.5 Å². The minimum absolute atomic E-state index is 0.0285. The molecule has 0 spiro atoms. The van der Waals surface area contributed by atoms with Crippen molar-refractivity contribution in [3.63, 3.8) is 0 Å². The van der Waals surface area contributed by atoms with Gasteiger partial charge in [-0.25, -0.2) is 0 Å². The standard InChI is InChI=1S/C24H26N2O3/c1-18-7-11-21(12-8-18)26-24(27)17-29-22-13-9-19(10-14-22)15-25-16-20-5-3-4-6-23(20)28-2/h3-14,25H,15-17H2,1-2H3,(H,26,27). The van der Waals surface area contributed by atoms with E-state index in [1.54, 1.807) is 7.11 Å². The first-order valence-electron chi connectivity index (χ1n) is 9.55. The molecule has 0 radical (unpaired) electrons. The number of benzene rings is 3. The molecule has 2 N–H and O–H groups in total. The maximum atomic E-state index is 12.0. The lowest BCUT2D eigenvalue weighted by Gasteiger charge is -2.10. The normalized spacial score (nSPS) is 10.4. The lowest BCUT2D eigenvalue weighted by atomic mass is 10.2. The Labute approximate surface area is 171 Å². The lowest BCUT2D eigenvalue weighted by Crippen LogP contribution is -2.20. The van der Waals surface area contributed by atoms with Crippen molar-refractivity contribution in [2.75, 3.05) is 19.0 Å². The number of nitrogens with one attached hydrogen (secondary N) is 2. The molecule has 0 unspecified atom stereocenters. The molecular formula is C24H26N2O3. The van der Waals surface area contributed by atoms with E-state index in [9.17, 15) is 4.79 Å². The van der Waals surface area contributed by atoms with E-state index in [4.69, 9.17) is 9.47 Å². The van der Waals surface area contributed by atoms with Gasteiger partial charge < -0.3 is 20.1 Å². The van der Waals surface area contributed by atoms with Gasteiger partial charge in [0.1, 0.15) is 11.5 Å². The van der Waals surface area contributed by atoms with Crippen LogP contribution in [0, 0.1) is 6.92 Å². The topological polar surface area (TPSA) is 59.6 Å². The molecule has 0 bridgehead atoms. The lowest BCUT2D eigenvalue weighted by molar-refractivity contribution is -0.118. The second-order valence-electron chi connectivity index (χ2n) is 6.76. The number of methoxy groups -OCH3 is 1. The van der Waals surface area contributed by atoms with Crippen molar-refractivity contribution >= 4 is 11.6 Å². The van der Waals surface area contributed by atoms with Gasteiger partial charge in [0.25, 0.3) is 5.91 Å². The zero-order chi connectivity index (χ0) is 20.5. The number of ether oxygens (including phenoxy) is 2. The molecule has 0 aliphatic carbocycles. The fourth-order valence-electron chi connectivity index (χ4n) is 2.88. The predicted octanol–water partition coefficient (Wildman–Crippen LogP) is 4.31. The summed E-state index contributed by atoms with van der Waals surface area (Å²) in [4.78, 5) is 12.0. The first-order chi connectivity index (χ1) is 14.1. The third-order valence-corrected chi connectivity index (χ3v) is 4.47. The SMILES string of the molecule is COc1ccccc1CNCc1ccc(OCC(=O)Nc2ccc(C)cc2)cc1. The molecular weight excluding hydrogens is 364 g/mol. The third kappa shape index (κ3) is 6.36. The second-order valence-corrected chi connectivity index (χ2v) is 6.76. The van der Waals surface area contributed by atoms with Crippen LogP contribution in [0.1, 0.15) is 16.7 Å². The van der Waals surface area contributed by atoms with Crippen LogP contribution in [-0.4, -0.2) is 19.6 Å². The number of anilines is 1. The monoisotopic (exact) mass is 390 g/mol. The van der Waals surface area contributed by atoms with Gasteiger partial charge in [0.15, 0.2) is 6.61 Å². The predicted molar refractivity (Wildman–Crippen MR) is 115 cm³/mol. The van der Waals surface area contributed by atoms with Crippen molar-refractivity contribution in [2.24, 2.45) is 0 Å². The number of hydrogen-bond acceptors (Lipinski definition) is 4. The van der Waals surface area contributed by atoms with Crippen molar-refractivity contribution in [3.8, 4) is 11.5 Å². The number of amides is 1. The van der Waals surface area contributed by atoms with E-state index in [2.05, 4.69) is 10.6 Å². The molecule has 0 atom stereocenters. The van der Waals surface area contributed by atoms with Crippen molar-refractivity contribution in [3.05, 3.63) is 89.5 Å². The van der Waals surface area contributed by atoms with E-state index in [-0.39, 0.29) is 12.5 Å². The molecule has 0 aliphatic heterocycles. The Morgan fingerprint density at radius 3 is 2.34 bits per heavy atom. The summed E-state index contributed by atoms with van der Waals surface area (Å²) in [6, 6.07) is 23.4. The van der Waals surface area contributed by atoms with Crippen molar-refractivity contribution in [1.29, 1.82) is 0 Å². The number of para-hydroxylation sites is 1. The van der Waals surface area contributed by atoms with E-state index in [1.165, 1.54) is 0 Å². The van der Waals surface area contributed by atoms with Crippen LogP contribution in [0.3, 0.4) is 0 Å². The number of carbonyl (C=O) groups excluding carboxylic acids is 1. The summed E-state index contributed by atoms with van der Waals surface area (Å²) in [6.45, 7) is 3.43. The molecule has 5 nitrogen and oxygen atoms in total. The summed E-state index contributed by atoms with van der Waals surface area (Å²) < 4.78 is 10.9. The maximum Gasteiger partial charge on any atom is 0.262 e. The molecule has 1 amide bonds. The third-order valence-electron chi connectivity index (χ3n) is 4.47. The van der Waals surface area contributed by atoms with Crippen molar-refractivity contribution < 1.29 is 14.3 Å². The maximum absolute atomic E-state index is 12.0. The highest BCUT2D eigenvalue weighted by atomic mass is 16.5. The Hall–Kier alpha value is -3.31. The molecule has 29 heavy (non-hydrogen) atoms. The fourth-order valence-corrected chi connectivity index (χ4v) is 2.88. The zero-order valence-corrected chi connectivity index (χ0v) is 16.8. The summed E-state index contributed by atoms with van der Waals surface area (Å²) in [5.74, 6) is 1.36. The average Bonchev–Trinajstić information content (AvgIpc) is 2.75. The van der Waals surface area contributed by atoms with E-state index in [1.807, 2.05) is 79.7 Å². The molecule has 150 valence electrons. The number of aryl methyl sites for hydroxylation is 1. The molecule has 0 aromatic heterocycles. The van der Waals surface area contributed by atoms with Crippen LogP contribution in [-0.2, 0) is 17.9 Å². The Bertz CT molecular complexity index is 922. The smallest absolute Gasteiger partial charge is 0.262 e. The van der Waals surface area contributed by atoms with Crippen LogP contribution in [0.15, 0.2) is 72.8 Å². The highest BCUT2D eigenvalue weighted by molar-refractivity contribution is 5.91. The van der Waals surface area contributed by atoms with Crippen LogP contribution in [0.25, 0.3) is 0 Å². The van der Waals surface area contributed by atoms with Crippen molar-refractivity contribution in [2.45, 2.75) is 20.0 Å². The summed E-state index contributed by atoms with van der Waals surface area (Å²) in [6.07, 6.45) is 0. The Morgan fingerprint density at radius 2 is 1.62 bits per heavy atom. The van der Waals surface area contributed by atoms with Gasteiger partial charge in [0.2, 0.25) is 0 Å². The van der Waals surface area contributed by atoms with Gasteiger partial charge in [-0.1, -0.05) is 48.0 Å². The molecule has 0 fully saturated rings. The van der Waals surface area contributed by atoms with Crippen molar-refractivity contribution in [1.82, 2.24) is 5.32 Å². The summed E-state index contributed by atoms with van der Waals surface area (Å²) >= 11 is 0. The summed E-state index contributed by atoms with van der Waals surface area (Å²) in [5, 5.41) is 6.23. The fraction of sp³-hybridized carbons (Fsp3) is 0.208. The van der Waals surface area contributed by atoms with Gasteiger partial charge in [-0.2, -0.15) is 0 Å². The number of hydrogen-bond donors (Lipinski definition) is 2. The Kier molecular flexibility index (Phi) is 7.25. The Morgan fingerprint density at radius 1 is 0.897 bits per heavy atom. The Balaban J connectivity index is 1.42. The highest BCUT2D eigenvalue weighted by Gasteiger charge is 2.05. The van der Waals surface area contributed by atoms with E-state index < -0.39 is 0 Å². The van der Waals surface area contributed by atoms with Gasteiger partial charge in [-0.15, -0.1) is 0 Å². The summed E-state index contributed by atoms with van der Waals surface area (Å²) in [7, 11) is 1.68. The average molecular weight is 390 g/mol. The highest BCUT2D eigenvalue weighted by Crippen LogP contribution is 2.17. The summed E-state index contributed by atoms with van der Waals surface area (Å²) in [5.41, 5.74) is 4.17. The van der Waals surface area contributed by atoms with E-state index in [0.717, 1.165) is 41.2 Å². The van der Waals surface area contributed by atoms with Gasteiger partial charge in [0, 0.05) is 24.3 Å². The number of rotatable bonds is 9. The van der Waals surface area contributed by atoms with Crippen LogP contribution in [0.2, 0.25) is 0 Å². The first kappa shape index (κ1) is 20.4. The number of carbonyl (C=O) groups is 1. The minimum atomic E-state index is -0.184. The molecule has 0 aliphatic rings.